The molecule has 0 spiro atoms. The summed E-state index contributed by atoms with van der Waals surface area (Å²) in [6.07, 6.45) is 7.04. The van der Waals surface area contributed by atoms with Gasteiger partial charge in [0.25, 0.3) is 5.22 Å². The first-order chi connectivity index (χ1) is 20.3. The van der Waals surface area contributed by atoms with Gasteiger partial charge in [-0.25, -0.2) is 15.0 Å². The largest absolute Gasteiger partial charge is 0.471 e. The monoisotopic (exact) mass is 618 g/mol. The Hall–Kier alpha value is -2.30. The van der Waals surface area contributed by atoms with Gasteiger partial charge in [0, 0.05) is 65.3 Å². The Morgan fingerprint density at radius 2 is 1.90 bits per heavy atom. The minimum atomic E-state index is -4.94. The molecule has 8 heterocycles. The van der Waals surface area contributed by atoms with Crippen molar-refractivity contribution in [3.8, 4) is 0 Å². The Morgan fingerprint density at radius 3 is 2.56 bits per heavy atom. The lowest BCUT2D eigenvalue weighted by atomic mass is 10.4. The van der Waals surface area contributed by atoms with E-state index in [1.54, 1.807) is 30.5 Å². The molecule has 41 heavy (non-hydrogen) atoms. The summed E-state index contributed by atoms with van der Waals surface area (Å²) in [7, 11) is -4.94. The fraction of sp³-hybridized carbons (Fsp3) is 0.577. The SMILES string of the molecule is c1coc(S2(C3=NCCO3)(c3ccon3)(N3CCCC3)C(C3=NCCS3)=NC(C3NCCS3)=C2N2CCOCC2)n1. The Labute approximate surface area is 245 Å². The van der Waals surface area contributed by atoms with Gasteiger partial charge in [-0.2, -0.15) is 0 Å². The third-order valence-electron chi connectivity index (χ3n) is 8.88. The van der Waals surface area contributed by atoms with Gasteiger partial charge in [0.05, 0.1) is 37.0 Å². The Bertz CT molecular complexity index is 1420. The van der Waals surface area contributed by atoms with Crippen molar-refractivity contribution in [3.05, 3.63) is 35.5 Å². The molecule has 220 valence electrons. The molecule has 0 bridgehead atoms. The number of ether oxygens (including phenoxy) is 2. The smallest absolute Gasteiger partial charge is 0.258 e. The lowest BCUT2D eigenvalue weighted by Crippen LogP contribution is -2.65. The number of hydrogen-bond donors (Lipinski definition) is 1. The Morgan fingerprint density at radius 1 is 1.00 bits per heavy atom. The van der Waals surface area contributed by atoms with Crippen LogP contribution in [0.25, 0.3) is 0 Å². The minimum absolute atomic E-state index is 0.0428. The molecule has 1 atom stereocenters. The summed E-state index contributed by atoms with van der Waals surface area (Å²) < 4.78 is 27.8. The molecule has 12 nitrogen and oxygen atoms in total. The van der Waals surface area contributed by atoms with Crippen molar-refractivity contribution in [2.24, 2.45) is 15.0 Å². The average Bonchev–Trinajstić information content (AvgIpc) is 3.85. The topological polar surface area (TPSA) is 126 Å². The van der Waals surface area contributed by atoms with E-state index in [0.29, 0.717) is 61.5 Å². The maximum atomic E-state index is 6.84. The molecule has 0 amide bonds. The highest BCUT2D eigenvalue weighted by molar-refractivity contribution is 8.85. The fourth-order valence-electron chi connectivity index (χ4n) is 7.42. The van der Waals surface area contributed by atoms with Crippen molar-refractivity contribution in [1.82, 2.24) is 24.7 Å². The molecule has 1 unspecified atom stereocenters. The predicted octanol–water partition coefficient (Wildman–Crippen LogP) is 3.07. The number of nitrogens with zero attached hydrogens (tertiary/aromatic N) is 7. The van der Waals surface area contributed by atoms with Gasteiger partial charge < -0.3 is 23.3 Å². The quantitative estimate of drug-likeness (QED) is 0.513. The molecule has 0 aromatic carbocycles. The molecule has 0 radical (unpaired) electrons. The van der Waals surface area contributed by atoms with Gasteiger partial charge in [-0.1, -0.05) is 5.16 Å². The van der Waals surface area contributed by atoms with Crippen LogP contribution in [0, 0.1) is 0 Å². The average molecular weight is 619 g/mol. The van der Waals surface area contributed by atoms with E-state index >= 15 is 0 Å². The van der Waals surface area contributed by atoms with E-state index in [2.05, 4.69) is 14.5 Å². The number of morpholine rings is 1. The van der Waals surface area contributed by atoms with Crippen LogP contribution >= 0.6 is 32.0 Å². The Balaban J connectivity index is 1.66. The number of thioether (sulfide) groups is 2. The molecular weight excluding hydrogens is 585 g/mol. The summed E-state index contributed by atoms with van der Waals surface area (Å²) in [5.41, 5.74) is 0.951. The third-order valence-corrected chi connectivity index (χ3v) is 18.8. The van der Waals surface area contributed by atoms with Crippen molar-refractivity contribution in [3.63, 3.8) is 0 Å². The van der Waals surface area contributed by atoms with E-state index in [0.717, 1.165) is 64.8 Å². The van der Waals surface area contributed by atoms with Crippen LogP contribution in [-0.2, 0) is 9.47 Å². The fourth-order valence-corrected chi connectivity index (χ4v) is 18.5. The molecule has 6 aliphatic rings. The summed E-state index contributed by atoms with van der Waals surface area (Å²) >= 11 is 3.60. The van der Waals surface area contributed by atoms with Crippen molar-refractivity contribution < 1.29 is 18.4 Å². The second-order valence-corrected chi connectivity index (χ2v) is 18.3. The van der Waals surface area contributed by atoms with Crippen LogP contribution in [0.3, 0.4) is 0 Å². The van der Waals surface area contributed by atoms with E-state index in [9.17, 15) is 0 Å². The van der Waals surface area contributed by atoms with Crippen molar-refractivity contribution in [1.29, 1.82) is 0 Å². The van der Waals surface area contributed by atoms with Gasteiger partial charge in [-0.05, 0) is 12.8 Å². The lowest BCUT2D eigenvalue weighted by Gasteiger charge is -2.76. The van der Waals surface area contributed by atoms with E-state index in [4.69, 9.17) is 43.5 Å². The van der Waals surface area contributed by atoms with E-state index < -0.39 is 8.48 Å². The van der Waals surface area contributed by atoms with Gasteiger partial charge >= 0.3 is 0 Å². The standard InChI is InChI=1S/C26H34N8O4S3/c1-2-9-34(8-1)41(19-3-12-38-32-19,25-29-4-13-36-25,26-30-5-14-37-26)23(22-28-7-18-40-22)31-20(21-27-6-17-39-21)24(41)33-10-15-35-16-11-33/h3-4,12-13,21,27H,1-2,5-11,14-18H2. The van der Waals surface area contributed by atoms with Gasteiger partial charge in [0.2, 0.25) is 5.23 Å². The van der Waals surface area contributed by atoms with Crippen LogP contribution in [0.1, 0.15) is 12.8 Å². The molecule has 8 rings (SSSR count). The molecule has 3 fully saturated rings. The molecular formula is C26H34N8O4S3. The summed E-state index contributed by atoms with van der Waals surface area (Å²) in [4.78, 5) is 23.7. The molecule has 1 N–H and O–H groups in total. The zero-order valence-corrected chi connectivity index (χ0v) is 25.2. The lowest BCUT2D eigenvalue weighted by molar-refractivity contribution is 0.0563. The van der Waals surface area contributed by atoms with Crippen LogP contribution in [0.2, 0.25) is 0 Å². The number of aliphatic imine (C=N–C) groups is 3. The highest BCUT2D eigenvalue weighted by Crippen LogP contribution is 3.07. The van der Waals surface area contributed by atoms with E-state index in [-0.39, 0.29) is 5.37 Å². The second kappa shape index (κ2) is 9.61. The highest BCUT2D eigenvalue weighted by Gasteiger charge is 2.88. The third kappa shape index (κ3) is 2.95. The molecule has 0 saturated carbocycles. The summed E-state index contributed by atoms with van der Waals surface area (Å²) in [5.74, 6) is 1.87. The summed E-state index contributed by atoms with van der Waals surface area (Å²) in [5, 5.41) is 13.1. The van der Waals surface area contributed by atoms with E-state index in [1.165, 1.54) is 0 Å². The van der Waals surface area contributed by atoms with Crippen LogP contribution in [-0.4, -0.2) is 117 Å². The van der Waals surface area contributed by atoms with Gasteiger partial charge in [-0.15, -0.1) is 23.5 Å². The summed E-state index contributed by atoms with van der Waals surface area (Å²) in [6, 6.07) is 1.97. The number of rotatable bonds is 6. The normalized spacial score (nSPS) is 30.8. The molecule has 2 aromatic rings. The summed E-state index contributed by atoms with van der Waals surface area (Å²) in [6.45, 7) is 6.67. The Kier molecular flexibility index (Phi) is 6.17. The van der Waals surface area contributed by atoms with Crippen LogP contribution in [0.15, 0.2) is 69.7 Å². The first-order valence-corrected chi connectivity index (χ1v) is 18.7. The van der Waals surface area contributed by atoms with Crippen LogP contribution < -0.4 is 5.32 Å². The van der Waals surface area contributed by atoms with Gasteiger partial charge in [0.15, 0.2) is 0 Å². The highest BCUT2D eigenvalue weighted by atomic mass is 32.4. The van der Waals surface area contributed by atoms with Crippen LogP contribution in [0.5, 0.6) is 0 Å². The molecule has 2 aromatic heterocycles. The zero-order valence-electron chi connectivity index (χ0n) is 22.8. The number of nitrogens with one attached hydrogen (secondary N) is 1. The van der Waals surface area contributed by atoms with Gasteiger partial charge in [0.1, 0.15) is 39.3 Å². The van der Waals surface area contributed by atoms with E-state index in [1.807, 2.05) is 17.8 Å². The number of hydrogen-bond acceptors (Lipinski definition) is 14. The number of aromatic nitrogens is 2. The molecule has 15 heteroatoms. The second-order valence-electron chi connectivity index (χ2n) is 10.7. The molecule has 6 aliphatic heterocycles. The maximum absolute atomic E-state index is 6.84. The molecule has 0 aliphatic carbocycles. The zero-order chi connectivity index (χ0) is 27.4. The van der Waals surface area contributed by atoms with Crippen molar-refractivity contribution in [2.45, 2.75) is 28.5 Å². The molecule has 3 saturated heterocycles. The van der Waals surface area contributed by atoms with Gasteiger partial charge in [-0.3, -0.25) is 14.6 Å². The maximum Gasteiger partial charge on any atom is 0.258 e. The van der Waals surface area contributed by atoms with Crippen molar-refractivity contribution >= 4 is 47.3 Å². The number of oxazole rings is 1. The van der Waals surface area contributed by atoms with Crippen LogP contribution in [0.4, 0.5) is 0 Å². The first-order valence-electron chi connectivity index (χ1n) is 14.3. The van der Waals surface area contributed by atoms with Crippen molar-refractivity contribution in [2.75, 3.05) is 77.1 Å². The minimum Gasteiger partial charge on any atom is -0.471 e. The predicted molar refractivity (Wildman–Crippen MR) is 162 cm³/mol. The first kappa shape index (κ1) is 26.3.